The standard InChI is InChI=1S/C14H22N2O2S/c1-4-11(2)16(3)19(17,18)14-9-5-8-13-12(14)7-6-10-15-13/h5,8-9,11,15H,4,6-7,10H2,1-3H3. The minimum Gasteiger partial charge on any atom is -0.385 e. The third-order valence-corrected chi connectivity index (χ3v) is 5.98. The Morgan fingerprint density at radius 2 is 2.16 bits per heavy atom. The van der Waals surface area contributed by atoms with Gasteiger partial charge in [-0.15, -0.1) is 0 Å². The molecule has 1 unspecified atom stereocenters. The molecule has 5 heteroatoms. The van der Waals surface area contributed by atoms with Gasteiger partial charge in [-0.05, 0) is 43.9 Å². The summed E-state index contributed by atoms with van der Waals surface area (Å²) in [7, 11) is -1.73. The van der Waals surface area contributed by atoms with Crippen LogP contribution in [0.25, 0.3) is 0 Å². The second kappa shape index (κ2) is 5.51. The third kappa shape index (κ3) is 2.62. The van der Waals surface area contributed by atoms with Gasteiger partial charge in [0.1, 0.15) is 0 Å². The molecule has 1 aromatic rings. The monoisotopic (exact) mass is 282 g/mol. The van der Waals surface area contributed by atoms with Gasteiger partial charge in [-0.2, -0.15) is 4.31 Å². The summed E-state index contributed by atoms with van der Waals surface area (Å²) in [6.07, 6.45) is 2.61. The van der Waals surface area contributed by atoms with Gasteiger partial charge in [-0.1, -0.05) is 13.0 Å². The first-order chi connectivity index (χ1) is 8.98. The summed E-state index contributed by atoms with van der Waals surface area (Å²) in [5.41, 5.74) is 1.90. The van der Waals surface area contributed by atoms with Crippen molar-refractivity contribution in [1.82, 2.24) is 4.31 Å². The van der Waals surface area contributed by atoms with E-state index in [2.05, 4.69) is 5.32 Å². The maximum atomic E-state index is 12.7. The summed E-state index contributed by atoms with van der Waals surface area (Å²) in [6.45, 7) is 4.85. The molecular weight excluding hydrogens is 260 g/mol. The van der Waals surface area contributed by atoms with Crippen LogP contribution in [-0.2, 0) is 16.4 Å². The quantitative estimate of drug-likeness (QED) is 0.923. The van der Waals surface area contributed by atoms with Crippen molar-refractivity contribution in [1.29, 1.82) is 0 Å². The molecule has 19 heavy (non-hydrogen) atoms. The van der Waals surface area contributed by atoms with Gasteiger partial charge in [0.15, 0.2) is 0 Å². The molecule has 4 nitrogen and oxygen atoms in total. The van der Waals surface area contributed by atoms with Crippen molar-refractivity contribution in [3.8, 4) is 0 Å². The molecule has 0 bridgehead atoms. The number of sulfonamides is 1. The van der Waals surface area contributed by atoms with E-state index >= 15 is 0 Å². The number of rotatable bonds is 4. The molecule has 0 radical (unpaired) electrons. The number of hydrogen-bond acceptors (Lipinski definition) is 3. The highest BCUT2D eigenvalue weighted by Crippen LogP contribution is 2.30. The van der Waals surface area contributed by atoms with Crippen molar-refractivity contribution in [2.24, 2.45) is 0 Å². The zero-order valence-electron chi connectivity index (χ0n) is 11.8. The lowest BCUT2D eigenvalue weighted by Gasteiger charge is -2.27. The first-order valence-electron chi connectivity index (χ1n) is 6.82. The van der Waals surface area contributed by atoms with E-state index in [0.717, 1.165) is 37.1 Å². The maximum absolute atomic E-state index is 12.7. The first-order valence-corrected chi connectivity index (χ1v) is 8.26. The molecular formula is C14H22N2O2S. The molecule has 0 fully saturated rings. The fourth-order valence-corrected chi connectivity index (χ4v) is 4.08. The van der Waals surface area contributed by atoms with Gasteiger partial charge in [-0.3, -0.25) is 0 Å². The van der Waals surface area contributed by atoms with Gasteiger partial charge < -0.3 is 5.32 Å². The predicted molar refractivity (Wildman–Crippen MR) is 78.0 cm³/mol. The van der Waals surface area contributed by atoms with Crippen LogP contribution in [0.3, 0.4) is 0 Å². The minimum atomic E-state index is -3.40. The number of nitrogens with zero attached hydrogens (tertiary/aromatic N) is 1. The van der Waals surface area contributed by atoms with E-state index in [4.69, 9.17) is 0 Å². The highest BCUT2D eigenvalue weighted by molar-refractivity contribution is 7.89. The minimum absolute atomic E-state index is 0.0115. The molecule has 1 heterocycles. The Morgan fingerprint density at radius 1 is 1.42 bits per heavy atom. The van der Waals surface area contributed by atoms with Crippen LogP contribution < -0.4 is 5.32 Å². The van der Waals surface area contributed by atoms with Gasteiger partial charge in [-0.25, -0.2) is 8.42 Å². The zero-order chi connectivity index (χ0) is 14.0. The second-order valence-electron chi connectivity index (χ2n) is 5.09. The van der Waals surface area contributed by atoms with E-state index < -0.39 is 10.0 Å². The van der Waals surface area contributed by atoms with Crippen LogP contribution in [0, 0.1) is 0 Å². The Morgan fingerprint density at radius 3 is 2.84 bits per heavy atom. The fraction of sp³-hybridized carbons (Fsp3) is 0.571. The first kappa shape index (κ1) is 14.3. The van der Waals surface area contributed by atoms with Crippen molar-refractivity contribution in [2.75, 3.05) is 18.9 Å². The van der Waals surface area contributed by atoms with E-state index in [-0.39, 0.29) is 6.04 Å². The average molecular weight is 282 g/mol. The van der Waals surface area contributed by atoms with Gasteiger partial charge in [0.05, 0.1) is 4.90 Å². The zero-order valence-corrected chi connectivity index (χ0v) is 12.6. The topological polar surface area (TPSA) is 49.4 Å². The lowest BCUT2D eigenvalue weighted by atomic mass is 10.0. The fourth-order valence-electron chi connectivity index (χ4n) is 2.37. The Bertz CT molecular complexity index is 555. The van der Waals surface area contributed by atoms with E-state index in [1.807, 2.05) is 26.0 Å². The molecule has 0 aromatic heterocycles. The lowest BCUT2D eigenvalue weighted by Crippen LogP contribution is -2.35. The molecule has 0 spiro atoms. The highest BCUT2D eigenvalue weighted by Gasteiger charge is 2.28. The molecule has 0 saturated heterocycles. The Hall–Kier alpha value is -1.07. The number of hydrogen-bond donors (Lipinski definition) is 1. The number of fused-ring (bicyclic) bond motifs is 1. The Labute approximate surface area is 115 Å². The normalized spacial score (nSPS) is 16.8. The average Bonchev–Trinajstić information content (AvgIpc) is 2.44. The lowest BCUT2D eigenvalue weighted by molar-refractivity contribution is 0.380. The summed E-state index contributed by atoms with van der Waals surface area (Å²) >= 11 is 0. The maximum Gasteiger partial charge on any atom is 0.243 e. The largest absolute Gasteiger partial charge is 0.385 e. The Kier molecular flexibility index (Phi) is 4.16. The summed E-state index contributed by atoms with van der Waals surface area (Å²) in [5, 5.41) is 3.27. The molecule has 0 saturated carbocycles. The van der Waals surface area contributed by atoms with E-state index in [1.165, 1.54) is 4.31 Å². The van der Waals surface area contributed by atoms with Crippen LogP contribution in [0.5, 0.6) is 0 Å². The Balaban J connectivity index is 2.46. The van der Waals surface area contributed by atoms with Crippen molar-refractivity contribution in [3.63, 3.8) is 0 Å². The van der Waals surface area contributed by atoms with Gasteiger partial charge in [0, 0.05) is 25.3 Å². The summed E-state index contributed by atoms with van der Waals surface area (Å²) in [4.78, 5) is 0.458. The van der Waals surface area contributed by atoms with Gasteiger partial charge in [0.2, 0.25) is 10.0 Å². The molecule has 1 aliphatic heterocycles. The molecule has 1 atom stereocenters. The van der Waals surface area contributed by atoms with Crippen LogP contribution in [-0.4, -0.2) is 32.4 Å². The van der Waals surface area contributed by atoms with Gasteiger partial charge >= 0.3 is 0 Å². The van der Waals surface area contributed by atoms with E-state index in [0.29, 0.717) is 4.90 Å². The molecule has 0 amide bonds. The number of nitrogens with one attached hydrogen (secondary N) is 1. The van der Waals surface area contributed by atoms with Crippen molar-refractivity contribution < 1.29 is 8.42 Å². The van der Waals surface area contributed by atoms with Crippen molar-refractivity contribution in [2.45, 2.75) is 44.0 Å². The van der Waals surface area contributed by atoms with Crippen LogP contribution in [0.2, 0.25) is 0 Å². The van der Waals surface area contributed by atoms with Crippen molar-refractivity contribution >= 4 is 15.7 Å². The van der Waals surface area contributed by atoms with E-state index in [9.17, 15) is 8.42 Å². The van der Waals surface area contributed by atoms with Crippen LogP contribution >= 0.6 is 0 Å². The summed E-state index contributed by atoms with van der Waals surface area (Å²) < 4.78 is 26.9. The molecule has 1 N–H and O–H groups in total. The van der Waals surface area contributed by atoms with Crippen LogP contribution in [0.4, 0.5) is 5.69 Å². The van der Waals surface area contributed by atoms with Crippen molar-refractivity contribution in [3.05, 3.63) is 23.8 Å². The predicted octanol–water partition coefficient (Wildman–Crippen LogP) is 2.46. The third-order valence-electron chi connectivity index (χ3n) is 3.92. The SMILES string of the molecule is CCC(C)N(C)S(=O)(=O)c1cccc2c1CCCN2. The molecule has 2 rings (SSSR count). The molecule has 1 aromatic carbocycles. The summed E-state index contributed by atoms with van der Waals surface area (Å²) in [5.74, 6) is 0. The molecule has 106 valence electrons. The van der Waals surface area contributed by atoms with Gasteiger partial charge in [0.25, 0.3) is 0 Å². The molecule has 0 aliphatic carbocycles. The second-order valence-corrected chi connectivity index (χ2v) is 7.06. The number of anilines is 1. The highest BCUT2D eigenvalue weighted by atomic mass is 32.2. The van der Waals surface area contributed by atoms with Crippen LogP contribution in [0.15, 0.2) is 23.1 Å². The summed E-state index contributed by atoms with van der Waals surface area (Å²) in [6, 6.07) is 5.50. The van der Waals surface area contributed by atoms with Crippen LogP contribution in [0.1, 0.15) is 32.3 Å². The van der Waals surface area contributed by atoms with E-state index in [1.54, 1.807) is 13.1 Å². The number of benzene rings is 1. The smallest absolute Gasteiger partial charge is 0.243 e. The molecule has 1 aliphatic rings.